The van der Waals surface area contributed by atoms with Crippen molar-refractivity contribution in [3.05, 3.63) is 78.4 Å². The molecule has 0 heterocycles. The topological polar surface area (TPSA) is 58.6 Å². The van der Waals surface area contributed by atoms with Gasteiger partial charge in [0.1, 0.15) is 11.8 Å². The molecule has 3 aromatic carbocycles. The van der Waals surface area contributed by atoms with E-state index < -0.39 is 6.04 Å². The molecule has 3 rings (SSSR count). The number of fused-ring (bicyclic) bond motifs is 1. The van der Waals surface area contributed by atoms with E-state index in [0.717, 1.165) is 16.3 Å². The van der Waals surface area contributed by atoms with E-state index in [4.69, 9.17) is 4.74 Å². The van der Waals surface area contributed by atoms with Crippen LogP contribution >= 0.6 is 0 Å². The van der Waals surface area contributed by atoms with Crippen LogP contribution in [0.25, 0.3) is 10.8 Å². The molecule has 5 nitrogen and oxygen atoms in total. The Balaban J connectivity index is 1.81. The molecule has 5 heteroatoms. The maximum atomic E-state index is 13.3. The molecule has 31 heavy (non-hydrogen) atoms. The molecule has 1 atom stereocenters. The summed E-state index contributed by atoms with van der Waals surface area (Å²) in [6, 6.07) is 22.8. The van der Waals surface area contributed by atoms with E-state index in [1.165, 1.54) is 0 Å². The van der Waals surface area contributed by atoms with E-state index >= 15 is 0 Å². The van der Waals surface area contributed by atoms with Crippen LogP contribution in [-0.2, 0) is 16.1 Å². The van der Waals surface area contributed by atoms with Crippen LogP contribution in [0.3, 0.4) is 0 Å². The fraction of sp³-hybridized carbons (Fsp3) is 0.308. The average molecular weight is 419 g/mol. The third kappa shape index (κ3) is 5.85. The molecule has 3 aromatic rings. The summed E-state index contributed by atoms with van der Waals surface area (Å²) in [6.07, 6.45) is 0.519. The fourth-order valence-corrected chi connectivity index (χ4v) is 3.62. The van der Waals surface area contributed by atoms with Crippen molar-refractivity contribution in [2.45, 2.75) is 45.8 Å². The largest absolute Gasteiger partial charge is 0.483 e. The van der Waals surface area contributed by atoms with Gasteiger partial charge in [0.2, 0.25) is 5.91 Å². The number of carbonyl (C=O) groups excluding carboxylic acids is 2. The van der Waals surface area contributed by atoms with Gasteiger partial charge in [0, 0.05) is 18.0 Å². The lowest BCUT2D eigenvalue weighted by atomic mass is 10.1. The highest BCUT2D eigenvalue weighted by Crippen LogP contribution is 2.25. The molecule has 0 spiro atoms. The molecular weight excluding hydrogens is 388 g/mol. The second kappa shape index (κ2) is 10.6. The molecule has 2 amide bonds. The summed E-state index contributed by atoms with van der Waals surface area (Å²) in [5.41, 5.74) is 0.969. The molecular formula is C26H30N2O3. The first-order chi connectivity index (χ1) is 15.0. The van der Waals surface area contributed by atoms with E-state index in [1.807, 2.05) is 93.6 Å². The van der Waals surface area contributed by atoms with Gasteiger partial charge in [0.15, 0.2) is 6.61 Å². The minimum absolute atomic E-state index is 0.00200. The van der Waals surface area contributed by atoms with Crippen molar-refractivity contribution >= 4 is 22.6 Å². The summed E-state index contributed by atoms with van der Waals surface area (Å²) in [4.78, 5) is 27.7. The highest BCUT2D eigenvalue weighted by molar-refractivity contribution is 5.90. The first-order valence-corrected chi connectivity index (χ1v) is 10.7. The summed E-state index contributed by atoms with van der Waals surface area (Å²) in [5, 5.41) is 4.95. The molecule has 0 aliphatic rings. The van der Waals surface area contributed by atoms with Gasteiger partial charge >= 0.3 is 0 Å². The monoisotopic (exact) mass is 418 g/mol. The van der Waals surface area contributed by atoms with Gasteiger partial charge in [-0.3, -0.25) is 9.59 Å². The van der Waals surface area contributed by atoms with E-state index in [0.29, 0.717) is 18.7 Å². The molecule has 0 bridgehead atoms. The van der Waals surface area contributed by atoms with Crippen LogP contribution in [0.4, 0.5) is 0 Å². The lowest BCUT2D eigenvalue weighted by Gasteiger charge is -2.31. The van der Waals surface area contributed by atoms with Gasteiger partial charge in [0.05, 0.1) is 0 Å². The zero-order chi connectivity index (χ0) is 22.2. The molecule has 0 fully saturated rings. The Morgan fingerprint density at radius 2 is 1.61 bits per heavy atom. The number of hydrogen-bond acceptors (Lipinski definition) is 3. The molecule has 0 unspecified atom stereocenters. The van der Waals surface area contributed by atoms with Gasteiger partial charge < -0.3 is 15.0 Å². The van der Waals surface area contributed by atoms with Crippen LogP contribution in [0, 0.1) is 0 Å². The van der Waals surface area contributed by atoms with Gasteiger partial charge in [-0.2, -0.15) is 0 Å². The third-order valence-electron chi connectivity index (χ3n) is 5.11. The third-order valence-corrected chi connectivity index (χ3v) is 5.11. The first kappa shape index (κ1) is 22.3. The van der Waals surface area contributed by atoms with Gasteiger partial charge in [0.25, 0.3) is 5.91 Å². The van der Waals surface area contributed by atoms with Gasteiger partial charge in [-0.15, -0.1) is 0 Å². The van der Waals surface area contributed by atoms with Crippen molar-refractivity contribution in [1.29, 1.82) is 0 Å². The van der Waals surface area contributed by atoms with E-state index in [9.17, 15) is 9.59 Å². The number of benzene rings is 3. The minimum atomic E-state index is -0.564. The fourth-order valence-electron chi connectivity index (χ4n) is 3.62. The molecule has 0 aliphatic heterocycles. The highest BCUT2D eigenvalue weighted by atomic mass is 16.5. The van der Waals surface area contributed by atoms with Crippen molar-refractivity contribution in [2.75, 3.05) is 6.61 Å². The van der Waals surface area contributed by atoms with Crippen molar-refractivity contribution in [1.82, 2.24) is 10.2 Å². The molecule has 0 saturated heterocycles. The first-order valence-electron chi connectivity index (χ1n) is 10.7. The Hall–Kier alpha value is -3.34. The van der Waals surface area contributed by atoms with E-state index in [1.54, 1.807) is 4.90 Å². The van der Waals surface area contributed by atoms with Gasteiger partial charge in [-0.05, 0) is 37.3 Å². The molecule has 0 aliphatic carbocycles. The average Bonchev–Trinajstić information content (AvgIpc) is 2.77. The standard InChI is InChI=1S/C26H30N2O3/c1-4-23(26(30)27-19(2)3)28(17-20-11-6-5-7-12-20)25(29)18-31-24-16-10-14-21-13-8-9-15-22(21)24/h5-16,19,23H,4,17-18H2,1-3H3,(H,27,30)/t23-/m0/s1. The Morgan fingerprint density at radius 3 is 2.32 bits per heavy atom. The second-order valence-corrected chi connectivity index (χ2v) is 7.86. The number of carbonyl (C=O) groups is 2. The molecule has 162 valence electrons. The minimum Gasteiger partial charge on any atom is -0.483 e. The lowest BCUT2D eigenvalue weighted by Crippen LogP contribution is -2.51. The zero-order valence-electron chi connectivity index (χ0n) is 18.4. The number of nitrogens with zero attached hydrogens (tertiary/aromatic N) is 1. The summed E-state index contributed by atoms with van der Waals surface area (Å²) in [6.45, 7) is 5.96. The number of amides is 2. The van der Waals surface area contributed by atoms with Crippen LogP contribution < -0.4 is 10.1 Å². The smallest absolute Gasteiger partial charge is 0.261 e. The quantitative estimate of drug-likeness (QED) is 0.555. The van der Waals surface area contributed by atoms with Crippen molar-refractivity contribution in [3.8, 4) is 5.75 Å². The van der Waals surface area contributed by atoms with Crippen LogP contribution in [-0.4, -0.2) is 35.4 Å². The number of ether oxygens (including phenoxy) is 1. The number of rotatable bonds is 9. The van der Waals surface area contributed by atoms with Crippen molar-refractivity contribution in [2.24, 2.45) is 0 Å². The summed E-state index contributed by atoms with van der Waals surface area (Å²) < 4.78 is 5.93. The molecule has 1 N–H and O–H groups in total. The molecule has 0 radical (unpaired) electrons. The maximum Gasteiger partial charge on any atom is 0.261 e. The predicted molar refractivity (Wildman–Crippen MR) is 124 cm³/mol. The Kier molecular flexibility index (Phi) is 7.65. The van der Waals surface area contributed by atoms with Crippen LogP contribution in [0.15, 0.2) is 72.8 Å². The highest BCUT2D eigenvalue weighted by Gasteiger charge is 2.29. The maximum absolute atomic E-state index is 13.3. The Morgan fingerprint density at radius 1 is 0.935 bits per heavy atom. The number of nitrogens with one attached hydrogen (secondary N) is 1. The number of hydrogen-bond donors (Lipinski definition) is 1. The SMILES string of the molecule is CC[C@@H](C(=O)NC(C)C)N(Cc1ccccc1)C(=O)COc1cccc2ccccc12. The molecule has 0 saturated carbocycles. The van der Waals surface area contributed by atoms with Crippen molar-refractivity contribution in [3.63, 3.8) is 0 Å². The lowest BCUT2D eigenvalue weighted by molar-refractivity contribution is -0.143. The summed E-state index contributed by atoms with van der Waals surface area (Å²) in [7, 11) is 0. The Bertz CT molecular complexity index is 1010. The summed E-state index contributed by atoms with van der Waals surface area (Å²) in [5.74, 6) is 0.292. The normalized spacial score (nSPS) is 11.9. The van der Waals surface area contributed by atoms with Gasteiger partial charge in [-0.25, -0.2) is 0 Å². The second-order valence-electron chi connectivity index (χ2n) is 7.86. The van der Waals surface area contributed by atoms with E-state index in [-0.39, 0.29) is 24.5 Å². The Labute approximate surface area is 184 Å². The zero-order valence-corrected chi connectivity index (χ0v) is 18.4. The van der Waals surface area contributed by atoms with Crippen LogP contribution in [0.2, 0.25) is 0 Å². The van der Waals surface area contributed by atoms with Crippen molar-refractivity contribution < 1.29 is 14.3 Å². The summed E-state index contributed by atoms with van der Waals surface area (Å²) >= 11 is 0. The van der Waals surface area contributed by atoms with Crippen LogP contribution in [0.5, 0.6) is 5.75 Å². The van der Waals surface area contributed by atoms with Gasteiger partial charge in [-0.1, -0.05) is 73.7 Å². The predicted octanol–water partition coefficient (Wildman–Crippen LogP) is 4.55. The van der Waals surface area contributed by atoms with Crippen LogP contribution in [0.1, 0.15) is 32.8 Å². The molecule has 0 aromatic heterocycles. The van der Waals surface area contributed by atoms with E-state index in [2.05, 4.69) is 5.32 Å².